The number of rotatable bonds is 9. The molecule has 0 aliphatic rings. The van der Waals surface area contributed by atoms with Crippen LogP contribution in [0.15, 0.2) is 11.6 Å². The molecule has 0 atom stereocenters. The number of carboxylic acids is 1. The third-order valence-corrected chi connectivity index (χ3v) is 2.27. The number of hydrogen-bond donors (Lipinski definition) is 1. The van der Waals surface area contributed by atoms with E-state index in [0.717, 1.165) is 0 Å². The standard InChI is InChI=1S/C14H18O8/c1-8(14(19)20)4-5-13(21-11(17)6-9(2)15)22-12(18)7-10(3)16/h4,13H,5-7H2,1-3H3,(H,19,20). The fraction of sp³-hybridized carbons (Fsp3) is 0.500. The van der Waals surface area contributed by atoms with Crippen LogP contribution in [0.4, 0.5) is 0 Å². The molecule has 0 aliphatic heterocycles. The van der Waals surface area contributed by atoms with Crippen molar-refractivity contribution in [1.82, 2.24) is 0 Å². The van der Waals surface area contributed by atoms with Crippen molar-refractivity contribution in [3.8, 4) is 0 Å². The Labute approximate surface area is 127 Å². The quantitative estimate of drug-likeness (QED) is 0.286. The van der Waals surface area contributed by atoms with Gasteiger partial charge in [0.05, 0.1) is 0 Å². The summed E-state index contributed by atoms with van der Waals surface area (Å²) in [6.07, 6.45) is -1.39. The van der Waals surface area contributed by atoms with Crippen molar-refractivity contribution in [2.24, 2.45) is 0 Å². The van der Waals surface area contributed by atoms with Gasteiger partial charge in [0.2, 0.25) is 0 Å². The Morgan fingerprint density at radius 2 is 1.32 bits per heavy atom. The fourth-order valence-corrected chi connectivity index (χ4v) is 1.26. The number of ketones is 2. The molecule has 8 heteroatoms. The van der Waals surface area contributed by atoms with Gasteiger partial charge in [-0.1, -0.05) is 6.08 Å². The van der Waals surface area contributed by atoms with Gasteiger partial charge in [-0.3, -0.25) is 19.2 Å². The van der Waals surface area contributed by atoms with Crippen LogP contribution in [-0.4, -0.2) is 40.9 Å². The first-order chi connectivity index (χ1) is 10.1. The zero-order chi connectivity index (χ0) is 17.3. The first-order valence-electron chi connectivity index (χ1n) is 6.39. The smallest absolute Gasteiger partial charge is 0.330 e. The summed E-state index contributed by atoms with van der Waals surface area (Å²) in [7, 11) is 0. The van der Waals surface area contributed by atoms with Gasteiger partial charge in [-0.25, -0.2) is 4.79 Å². The average molecular weight is 314 g/mol. The Balaban J connectivity index is 4.82. The molecule has 0 radical (unpaired) electrons. The highest BCUT2D eigenvalue weighted by molar-refractivity contribution is 5.95. The number of esters is 2. The Morgan fingerprint density at radius 1 is 0.909 bits per heavy atom. The summed E-state index contributed by atoms with van der Waals surface area (Å²) in [4.78, 5) is 55.1. The third-order valence-electron chi connectivity index (χ3n) is 2.27. The largest absolute Gasteiger partial charge is 0.478 e. The highest BCUT2D eigenvalue weighted by atomic mass is 16.7. The molecular weight excluding hydrogens is 296 g/mol. The minimum absolute atomic E-state index is 0.0322. The first-order valence-corrected chi connectivity index (χ1v) is 6.39. The highest BCUT2D eigenvalue weighted by Crippen LogP contribution is 2.09. The number of carbonyl (C=O) groups excluding carboxylic acids is 4. The predicted molar refractivity (Wildman–Crippen MR) is 72.6 cm³/mol. The van der Waals surface area contributed by atoms with Crippen LogP contribution < -0.4 is 0 Å². The summed E-state index contributed by atoms with van der Waals surface area (Å²) in [6.45, 7) is 3.69. The molecule has 0 aromatic carbocycles. The summed E-state index contributed by atoms with van der Waals surface area (Å²) < 4.78 is 9.58. The van der Waals surface area contributed by atoms with Gasteiger partial charge in [0.15, 0.2) is 0 Å². The molecule has 0 rings (SSSR count). The number of carbonyl (C=O) groups is 5. The minimum atomic E-state index is -1.40. The molecule has 0 saturated heterocycles. The summed E-state index contributed by atoms with van der Waals surface area (Å²) in [5, 5.41) is 8.72. The van der Waals surface area contributed by atoms with Gasteiger partial charge in [-0.15, -0.1) is 0 Å². The monoisotopic (exact) mass is 314 g/mol. The van der Waals surface area contributed by atoms with Gasteiger partial charge < -0.3 is 14.6 Å². The molecule has 22 heavy (non-hydrogen) atoms. The lowest BCUT2D eigenvalue weighted by Crippen LogP contribution is -2.26. The van der Waals surface area contributed by atoms with Crippen LogP contribution in [0, 0.1) is 0 Å². The molecule has 0 aromatic heterocycles. The van der Waals surface area contributed by atoms with E-state index in [9.17, 15) is 24.0 Å². The van der Waals surface area contributed by atoms with Crippen molar-refractivity contribution in [3.05, 3.63) is 11.6 Å². The van der Waals surface area contributed by atoms with Crippen molar-refractivity contribution in [2.75, 3.05) is 0 Å². The van der Waals surface area contributed by atoms with E-state index in [0.29, 0.717) is 0 Å². The average Bonchev–Trinajstić information content (AvgIpc) is 2.32. The number of hydrogen-bond acceptors (Lipinski definition) is 7. The summed E-state index contributed by atoms with van der Waals surface area (Å²) in [6, 6.07) is 0. The van der Waals surface area contributed by atoms with Crippen molar-refractivity contribution in [1.29, 1.82) is 0 Å². The van der Waals surface area contributed by atoms with E-state index in [1.165, 1.54) is 26.8 Å². The first kappa shape index (κ1) is 19.5. The van der Waals surface area contributed by atoms with Gasteiger partial charge in [-0.05, 0) is 20.8 Å². The molecule has 0 aromatic rings. The second-order valence-corrected chi connectivity index (χ2v) is 4.59. The van der Waals surface area contributed by atoms with Crippen molar-refractivity contribution < 1.29 is 38.6 Å². The SMILES string of the molecule is CC(=O)CC(=O)OC(CC=C(C)C(=O)O)OC(=O)CC(C)=O. The van der Waals surface area contributed by atoms with Gasteiger partial charge in [0.25, 0.3) is 6.29 Å². The Morgan fingerprint density at radius 3 is 1.64 bits per heavy atom. The Bertz CT molecular complexity index is 473. The van der Waals surface area contributed by atoms with Crippen LogP contribution >= 0.6 is 0 Å². The van der Waals surface area contributed by atoms with Gasteiger partial charge in [0.1, 0.15) is 24.4 Å². The zero-order valence-corrected chi connectivity index (χ0v) is 12.6. The van der Waals surface area contributed by atoms with E-state index in [4.69, 9.17) is 14.6 Å². The molecule has 1 N–H and O–H groups in total. The highest BCUT2D eigenvalue weighted by Gasteiger charge is 2.20. The number of Topliss-reactive ketones (excluding diaryl/α,β-unsaturated/α-hetero) is 2. The maximum atomic E-state index is 11.4. The number of carboxylic acid groups (broad SMARTS) is 1. The second-order valence-electron chi connectivity index (χ2n) is 4.59. The number of ether oxygens (including phenoxy) is 2. The zero-order valence-electron chi connectivity index (χ0n) is 12.6. The van der Waals surface area contributed by atoms with Crippen molar-refractivity contribution >= 4 is 29.5 Å². The van der Waals surface area contributed by atoms with Gasteiger partial charge >= 0.3 is 17.9 Å². The van der Waals surface area contributed by atoms with Gasteiger partial charge in [0, 0.05) is 12.0 Å². The van der Waals surface area contributed by atoms with Gasteiger partial charge in [-0.2, -0.15) is 0 Å². The summed E-state index contributed by atoms with van der Waals surface area (Å²) >= 11 is 0. The molecular formula is C14H18O8. The number of aliphatic carboxylic acids is 1. The predicted octanol–water partition coefficient (Wildman–Crippen LogP) is 0.778. The molecule has 0 spiro atoms. The van der Waals surface area contributed by atoms with Crippen LogP contribution in [-0.2, 0) is 33.4 Å². The maximum Gasteiger partial charge on any atom is 0.330 e. The van der Waals surface area contributed by atoms with Crippen LogP contribution in [0.1, 0.15) is 40.0 Å². The van der Waals surface area contributed by atoms with E-state index in [1.54, 1.807) is 0 Å². The second kappa shape index (κ2) is 9.43. The lowest BCUT2D eigenvalue weighted by atomic mass is 10.2. The molecule has 0 bridgehead atoms. The fourth-order valence-electron chi connectivity index (χ4n) is 1.26. The van der Waals surface area contributed by atoms with Crippen molar-refractivity contribution in [2.45, 2.75) is 46.3 Å². The molecule has 122 valence electrons. The molecule has 0 unspecified atom stereocenters. The molecule has 0 amide bonds. The van der Waals surface area contributed by atoms with Crippen LogP contribution in [0.3, 0.4) is 0 Å². The lowest BCUT2D eigenvalue weighted by Gasteiger charge is -2.16. The van der Waals surface area contributed by atoms with Crippen molar-refractivity contribution in [3.63, 3.8) is 0 Å². The summed E-state index contributed by atoms with van der Waals surface area (Å²) in [5.41, 5.74) is -0.0322. The minimum Gasteiger partial charge on any atom is -0.478 e. The maximum absolute atomic E-state index is 11.4. The van der Waals surface area contributed by atoms with E-state index in [-0.39, 0.29) is 12.0 Å². The molecule has 0 fully saturated rings. The normalized spacial score (nSPS) is 11.0. The van der Waals surface area contributed by atoms with E-state index < -0.39 is 48.6 Å². The lowest BCUT2D eigenvalue weighted by molar-refractivity contribution is -0.186. The molecule has 0 saturated carbocycles. The van der Waals surface area contributed by atoms with E-state index in [2.05, 4.69) is 0 Å². The summed E-state index contributed by atoms with van der Waals surface area (Å²) in [5.74, 6) is -3.86. The van der Waals surface area contributed by atoms with E-state index >= 15 is 0 Å². The Hall–Kier alpha value is -2.51. The topological polar surface area (TPSA) is 124 Å². The molecule has 0 aliphatic carbocycles. The van der Waals surface area contributed by atoms with E-state index in [1.807, 2.05) is 0 Å². The van der Waals surface area contributed by atoms with Crippen LogP contribution in [0.25, 0.3) is 0 Å². The van der Waals surface area contributed by atoms with Crippen LogP contribution in [0.5, 0.6) is 0 Å². The molecule has 8 nitrogen and oxygen atoms in total. The van der Waals surface area contributed by atoms with Crippen LogP contribution in [0.2, 0.25) is 0 Å². The Kier molecular flexibility index (Phi) is 8.35. The third kappa shape index (κ3) is 9.40. The molecule has 0 heterocycles.